The first-order valence-electron chi connectivity index (χ1n) is 15.2. The number of amides is 1. The standard InChI is InChI=1S/C34H39N7O3/c1-3-24-6-4-7-25(16-24)22-41-23-27(20-36-41)33(42)37-28-19-30(34(43)35-21-28)32-18-26-17-29(8-9-31(26)38-32)44-15-5-10-40-13-11-39(2)12-14-40/h4,6-9,16-21,23,38H,3,5,10-15,22H2,1-2H3,(H,35,43)(H,37,42). The van der Waals surface area contributed by atoms with E-state index in [0.29, 0.717) is 35.7 Å². The fourth-order valence-corrected chi connectivity index (χ4v) is 5.56. The van der Waals surface area contributed by atoms with Gasteiger partial charge in [0.15, 0.2) is 0 Å². The Labute approximate surface area is 256 Å². The minimum Gasteiger partial charge on any atom is -0.494 e. The Morgan fingerprint density at radius 2 is 1.89 bits per heavy atom. The van der Waals surface area contributed by atoms with Crippen LogP contribution < -0.4 is 15.6 Å². The molecule has 1 fully saturated rings. The highest BCUT2D eigenvalue weighted by molar-refractivity contribution is 6.04. The molecule has 0 bridgehead atoms. The molecular weight excluding hydrogens is 554 g/mol. The zero-order valence-electron chi connectivity index (χ0n) is 25.3. The molecule has 1 saturated heterocycles. The molecule has 0 spiro atoms. The number of aryl methyl sites for hydroxylation is 1. The highest BCUT2D eigenvalue weighted by Gasteiger charge is 2.15. The number of anilines is 1. The third kappa shape index (κ3) is 7.10. The number of piperazine rings is 1. The zero-order chi connectivity index (χ0) is 30.5. The van der Waals surface area contributed by atoms with Gasteiger partial charge in [0, 0.05) is 56.0 Å². The summed E-state index contributed by atoms with van der Waals surface area (Å²) in [5.41, 5.74) is 5.04. The summed E-state index contributed by atoms with van der Waals surface area (Å²) in [6, 6.07) is 17.8. The summed E-state index contributed by atoms with van der Waals surface area (Å²) >= 11 is 0. The molecule has 0 saturated carbocycles. The number of aromatic amines is 2. The second kappa shape index (κ2) is 13.3. The van der Waals surface area contributed by atoms with Crippen molar-refractivity contribution in [2.24, 2.45) is 0 Å². The van der Waals surface area contributed by atoms with Crippen LogP contribution in [0, 0.1) is 0 Å². The van der Waals surface area contributed by atoms with Crippen LogP contribution in [0.15, 0.2) is 78.0 Å². The molecule has 0 unspecified atom stereocenters. The van der Waals surface area contributed by atoms with Gasteiger partial charge in [-0.25, -0.2) is 0 Å². The van der Waals surface area contributed by atoms with E-state index >= 15 is 0 Å². The summed E-state index contributed by atoms with van der Waals surface area (Å²) in [4.78, 5) is 36.7. The van der Waals surface area contributed by atoms with Crippen molar-refractivity contribution in [2.45, 2.75) is 26.3 Å². The van der Waals surface area contributed by atoms with Gasteiger partial charge >= 0.3 is 0 Å². The predicted molar refractivity (Wildman–Crippen MR) is 174 cm³/mol. The van der Waals surface area contributed by atoms with Gasteiger partial charge in [-0.1, -0.05) is 31.2 Å². The molecule has 1 amide bonds. The first-order valence-corrected chi connectivity index (χ1v) is 15.2. The van der Waals surface area contributed by atoms with Gasteiger partial charge in [0.05, 0.1) is 41.9 Å². The molecule has 1 aliphatic heterocycles. The summed E-state index contributed by atoms with van der Waals surface area (Å²) in [6.45, 7) is 8.85. The number of carbonyl (C=O) groups is 1. The van der Waals surface area contributed by atoms with Crippen LogP contribution in [0.25, 0.3) is 22.2 Å². The Bertz CT molecular complexity index is 1800. The van der Waals surface area contributed by atoms with Crippen molar-refractivity contribution in [3.05, 3.63) is 100 Å². The van der Waals surface area contributed by atoms with Crippen LogP contribution in [0.3, 0.4) is 0 Å². The van der Waals surface area contributed by atoms with Crippen LogP contribution in [0.5, 0.6) is 5.75 Å². The molecule has 0 aliphatic carbocycles. The summed E-state index contributed by atoms with van der Waals surface area (Å²) in [5, 5.41) is 8.20. The van der Waals surface area contributed by atoms with E-state index in [-0.39, 0.29) is 11.5 Å². The van der Waals surface area contributed by atoms with Gasteiger partial charge in [0.2, 0.25) is 0 Å². The van der Waals surface area contributed by atoms with Gasteiger partial charge in [-0.15, -0.1) is 0 Å². The van der Waals surface area contributed by atoms with Crippen LogP contribution >= 0.6 is 0 Å². The van der Waals surface area contributed by atoms with Crippen LogP contribution in [0.2, 0.25) is 0 Å². The summed E-state index contributed by atoms with van der Waals surface area (Å²) in [7, 11) is 2.17. The van der Waals surface area contributed by atoms with E-state index in [2.05, 4.69) is 62.4 Å². The van der Waals surface area contributed by atoms with Crippen LogP contribution in [0.4, 0.5) is 5.69 Å². The molecule has 3 N–H and O–H groups in total. The minimum atomic E-state index is -0.303. The van der Waals surface area contributed by atoms with Crippen molar-refractivity contribution in [2.75, 3.05) is 51.7 Å². The molecule has 2 aromatic carbocycles. The second-order valence-electron chi connectivity index (χ2n) is 11.5. The second-order valence-corrected chi connectivity index (χ2v) is 11.5. The molecule has 44 heavy (non-hydrogen) atoms. The quantitative estimate of drug-likeness (QED) is 0.193. The molecule has 4 heterocycles. The van der Waals surface area contributed by atoms with Gasteiger partial charge in [-0.3, -0.25) is 14.3 Å². The Balaban J connectivity index is 1.08. The average molecular weight is 594 g/mol. The van der Waals surface area contributed by atoms with Crippen molar-refractivity contribution in [3.63, 3.8) is 0 Å². The lowest BCUT2D eigenvalue weighted by atomic mass is 10.1. The summed E-state index contributed by atoms with van der Waals surface area (Å²) in [6.07, 6.45) is 6.72. The largest absolute Gasteiger partial charge is 0.494 e. The van der Waals surface area contributed by atoms with E-state index in [1.54, 1.807) is 23.1 Å². The molecule has 3 aromatic heterocycles. The molecule has 0 atom stereocenters. The highest BCUT2D eigenvalue weighted by Crippen LogP contribution is 2.27. The lowest BCUT2D eigenvalue weighted by molar-refractivity contribution is 0.102. The maximum Gasteiger partial charge on any atom is 0.258 e. The number of nitrogens with zero attached hydrogens (tertiary/aromatic N) is 4. The first-order chi connectivity index (χ1) is 21.4. The number of nitrogens with one attached hydrogen (secondary N) is 3. The van der Waals surface area contributed by atoms with Gasteiger partial charge < -0.3 is 29.8 Å². The normalized spacial score (nSPS) is 14.2. The van der Waals surface area contributed by atoms with E-state index in [9.17, 15) is 9.59 Å². The number of fused-ring (bicyclic) bond motifs is 1. The summed E-state index contributed by atoms with van der Waals surface area (Å²) < 4.78 is 7.79. The van der Waals surface area contributed by atoms with Crippen LogP contribution in [-0.2, 0) is 13.0 Å². The van der Waals surface area contributed by atoms with E-state index in [1.165, 1.54) is 11.8 Å². The van der Waals surface area contributed by atoms with Crippen molar-refractivity contribution < 1.29 is 9.53 Å². The van der Waals surface area contributed by atoms with Gasteiger partial charge in [0.25, 0.3) is 11.5 Å². The first kappa shape index (κ1) is 29.4. The van der Waals surface area contributed by atoms with E-state index in [0.717, 1.165) is 67.8 Å². The number of carbonyl (C=O) groups excluding carboxylic acids is 1. The molecular formula is C34H39N7O3. The number of ether oxygens (including phenoxy) is 1. The smallest absolute Gasteiger partial charge is 0.258 e. The highest BCUT2D eigenvalue weighted by atomic mass is 16.5. The van der Waals surface area contributed by atoms with Crippen molar-refractivity contribution in [1.29, 1.82) is 0 Å². The molecule has 5 aromatic rings. The lowest BCUT2D eigenvalue weighted by Gasteiger charge is -2.32. The van der Waals surface area contributed by atoms with Crippen molar-refractivity contribution in [1.82, 2.24) is 29.5 Å². The zero-order valence-corrected chi connectivity index (χ0v) is 25.3. The number of benzene rings is 2. The number of likely N-dealkylation sites (N-methyl/N-ethyl adjacent to an activating group) is 1. The lowest BCUT2D eigenvalue weighted by Crippen LogP contribution is -2.44. The molecule has 0 radical (unpaired) electrons. The number of rotatable bonds is 11. The molecule has 6 rings (SSSR count). The molecule has 10 heteroatoms. The molecule has 228 valence electrons. The summed E-state index contributed by atoms with van der Waals surface area (Å²) in [5.74, 6) is 0.498. The average Bonchev–Trinajstić information content (AvgIpc) is 3.68. The topological polar surface area (TPSA) is 111 Å². The molecule has 10 nitrogen and oxygen atoms in total. The van der Waals surface area contributed by atoms with Crippen molar-refractivity contribution >= 4 is 22.5 Å². The Kier molecular flexibility index (Phi) is 8.90. The Morgan fingerprint density at radius 1 is 1.05 bits per heavy atom. The van der Waals surface area contributed by atoms with Gasteiger partial charge in [0.1, 0.15) is 5.75 Å². The predicted octanol–water partition coefficient (Wildman–Crippen LogP) is 4.60. The Hall–Kier alpha value is -4.67. The maximum absolute atomic E-state index is 13.0. The number of aromatic nitrogens is 4. The monoisotopic (exact) mass is 593 g/mol. The fraction of sp³-hybridized carbons (Fsp3) is 0.324. The van der Waals surface area contributed by atoms with Gasteiger partial charge in [-0.2, -0.15) is 5.10 Å². The number of hydrogen-bond acceptors (Lipinski definition) is 6. The van der Waals surface area contributed by atoms with Gasteiger partial charge in [-0.05, 0) is 61.3 Å². The SMILES string of the molecule is CCc1cccc(Cn2cc(C(=O)Nc3c[nH]c(=O)c(-c4cc5cc(OCCCN6CCN(C)CC6)ccc5[nH]4)c3)cn2)c1. The Morgan fingerprint density at radius 3 is 2.73 bits per heavy atom. The number of hydrogen-bond donors (Lipinski definition) is 3. The van der Waals surface area contributed by atoms with E-state index < -0.39 is 0 Å². The minimum absolute atomic E-state index is 0.253. The van der Waals surface area contributed by atoms with Crippen LogP contribution in [0.1, 0.15) is 34.8 Å². The number of pyridine rings is 1. The van der Waals surface area contributed by atoms with E-state index in [1.807, 2.05) is 30.3 Å². The fourth-order valence-electron chi connectivity index (χ4n) is 5.56. The maximum atomic E-state index is 13.0. The molecule has 1 aliphatic rings. The van der Waals surface area contributed by atoms with Crippen molar-refractivity contribution in [3.8, 4) is 17.0 Å². The third-order valence-electron chi connectivity index (χ3n) is 8.17. The number of H-pyrrole nitrogens is 2. The third-order valence-corrected chi connectivity index (χ3v) is 8.17. The van der Waals surface area contributed by atoms with E-state index in [4.69, 9.17) is 4.74 Å². The van der Waals surface area contributed by atoms with Crippen LogP contribution in [-0.4, -0.2) is 81.8 Å².